The number of amides is 1. The van der Waals surface area contributed by atoms with E-state index in [1.165, 1.54) is 11.3 Å². The van der Waals surface area contributed by atoms with Gasteiger partial charge in [-0.25, -0.2) is 0 Å². The lowest BCUT2D eigenvalue weighted by atomic mass is 10.2. The quantitative estimate of drug-likeness (QED) is 0.309. The van der Waals surface area contributed by atoms with Gasteiger partial charge in [0.15, 0.2) is 0 Å². The molecular formula is C27H33Cl2N3O3S. The average Bonchev–Trinajstić information content (AvgIpc) is 3.43. The summed E-state index contributed by atoms with van der Waals surface area (Å²) in [6.07, 6.45) is 2.05. The Morgan fingerprint density at radius 3 is 2.64 bits per heavy atom. The summed E-state index contributed by atoms with van der Waals surface area (Å²) in [5, 5.41) is 5.64. The van der Waals surface area contributed by atoms with Crippen LogP contribution in [0.4, 0.5) is 5.69 Å². The number of nitrogens with one attached hydrogen (secondary N) is 1. The lowest BCUT2D eigenvalue weighted by Crippen LogP contribution is -2.46. The SMILES string of the molecule is COc1cccc(COc2ccc(Cl)cc2N2CCN(CCCCNC(=O)c3cccs3)CC2)c1.Cl. The molecule has 0 radical (unpaired) electrons. The monoisotopic (exact) mass is 549 g/mol. The molecule has 1 fully saturated rings. The number of piperazine rings is 1. The van der Waals surface area contributed by atoms with E-state index in [4.69, 9.17) is 21.1 Å². The van der Waals surface area contributed by atoms with Crippen molar-refractivity contribution in [3.63, 3.8) is 0 Å². The highest BCUT2D eigenvalue weighted by Gasteiger charge is 2.20. The molecule has 2 aromatic carbocycles. The Balaban J connectivity index is 0.00000361. The van der Waals surface area contributed by atoms with Crippen LogP contribution in [0.5, 0.6) is 11.5 Å². The molecule has 36 heavy (non-hydrogen) atoms. The highest BCUT2D eigenvalue weighted by atomic mass is 35.5. The van der Waals surface area contributed by atoms with Gasteiger partial charge in [-0.3, -0.25) is 9.69 Å². The van der Waals surface area contributed by atoms with E-state index in [0.717, 1.165) is 73.2 Å². The normalized spacial score (nSPS) is 13.7. The molecule has 3 aromatic rings. The molecule has 0 saturated carbocycles. The van der Waals surface area contributed by atoms with E-state index in [1.807, 2.05) is 60.0 Å². The number of rotatable bonds is 11. The van der Waals surface area contributed by atoms with Gasteiger partial charge in [0, 0.05) is 37.7 Å². The van der Waals surface area contributed by atoms with E-state index in [9.17, 15) is 4.79 Å². The molecule has 9 heteroatoms. The van der Waals surface area contributed by atoms with Gasteiger partial charge in [0.1, 0.15) is 18.1 Å². The maximum Gasteiger partial charge on any atom is 0.261 e. The van der Waals surface area contributed by atoms with Crippen molar-refractivity contribution in [2.45, 2.75) is 19.4 Å². The number of hydrogen-bond acceptors (Lipinski definition) is 6. The fraction of sp³-hybridized carbons (Fsp3) is 0.370. The van der Waals surface area contributed by atoms with Crippen molar-refractivity contribution in [3.05, 3.63) is 75.4 Å². The summed E-state index contributed by atoms with van der Waals surface area (Å²) in [7, 11) is 1.67. The summed E-state index contributed by atoms with van der Waals surface area (Å²) >= 11 is 7.81. The predicted molar refractivity (Wildman–Crippen MR) is 151 cm³/mol. The van der Waals surface area contributed by atoms with E-state index in [2.05, 4.69) is 15.1 Å². The summed E-state index contributed by atoms with van der Waals surface area (Å²) in [6.45, 7) is 6.04. The molecule has 1 saturated heterocycles. The minimum Gasteiger partial charge on any atom is -0.497 e. The van der Waals surface area contributed by atoms with Gasteiger partial charge in [-0.1, -0.05) is 29.8 Å². The molecular weight excluding hydrogens is 517 g/mol. The van der Waals surface area contributed by atoms with Crippen LogP contribution in [0.25, 0.3) is 0 Å². The molecule has 0 aliphatic carbocycles. The first-order chi connectivity index (χ1) is 17.1. The summed E-state index contributed by atoms with van der Waals surface area (Å²) in [4.78, 5) is 17.6. The molecule has 1 amide bonds. The van der Waals surface area contributed by atoms with E-state index in [-0.39, 0.29) is 18.3 Å². The van der Waals surface area contributed by atoms with Crippen LogP contribution in [-0.4, -0.2) is 57.2 Å². The van der Waals surface area contributed by atoms with Gasteiger partial charge >= 0.3 is 0 Å². The number of thiophene rings is 1. The van der Waals surface area contributed by atoms with Gasteiger partial charge in [-0.2, -0.15) is 0 Å². The second-order valence-corrected chi connectivity index (χ2v) is 9.91. The molecule has 1 aromatic heterocycles. The van der Waals surface area contributed by atoms with Crippen LogP contribution >= 0.6 is 35.3 Å². The second-order valence-electron chi connectivity index (χ2n) is 8.52. The fourth-order valence-corrected chi connectivity index (χ4v) is 4.96. The number of nitrogens with zero attached hydrogens (tertiary/aromatic N) is 2. The van der Waals surface area contributed by atoms with Crippen molar-refractivity contribution in [2.75, 3.05) is 51.3 Å². The minimum absolute atomic E-state index is 0. The number of anilines is 1. The number of carbonyl (C=O) groups excluding carboxylic acids is 1. The highest BCUT2D eigenvalue weighted by Crippen LogP contribution is 2.33. The zero-order valence-corrected chi connectivity index (χ0v) is 22.8. The zero-order chi connectivity index (χ0) is 24.5. The van der Waals surface area contributed by atoms with Gasteiger partial charge in [-0.15, -0.1) is 23.7 Å². The smallest absolute Gasteiger partial charge is 0.261 e. The first-order valence-corrected chi connectivity index (χ1v) is 13.2. The molecule has 2 heterocycles. The molecule has 6 nitrogen and oxygen atoms in total. The Morgan fingerprint density at radius 1 is 1.06 bits per heavy atom. The maximum atomic E-state index is 12.0. The summed E-state index contributed by atoms with van der Waals surface area (Å²) in [6, 6.07) is 17.5. The van der Waals surface area contributed by atoms with Gasteiger partial charge < -0.3 is 19.7 Å². The average molecular weight is 551 g/mol. The molecule has 4 rings (SSSR count). The van der Waals surface area contributed by atoms with Gasteiger partial charge in [-0.05, 0) is 66.7 Å². The molecule has 1 aliphatic heterocycles. The van der Waals surface area contributed by atoms with Crippen molar-refractivity contribution in [2.24, 2.45) is 0 Å². The van der Waals surface area contributed by atoms with Crippen LogP contribution < -0.4 is 19.7 Å². The van der Waals surface area contributed by atoms with Gasteiger partial charge in [0.05, 0.1) is 17.7 Å². The highest BCUT2D eigenvalue weighted by molar-refractivity contribution is 7.12. The van der Waals surface area contributed by atoms with E-state index in [0.29, 0.717) is 18.2 Å². The van der Waals surface area contributed by atoms with E-state index >= 15 is 0 Å². The summed E-state index contributed by atoms with van der Waals surface area (Å²) in [5.41, 5.74) is 2.10. The Kier molecular flexibility index (Phi) is 11.2. The molecule has 0 bridgehead atoms. The van der Waals surface area contributed by atoms with Gasteiger partial charge in [0.2, 0.25) is 0 Å². The third-order valence-electron chi connectivity index (χ3n) is 6.09. The van der Waals surface area contributed by atoms with Crippen LogP contribution in [0.1, 0.15) is 28.1 Å². The summed E-state index contributed by atoms with van der Waals surface area (Å²) < 4.78 is 11.5. The number of methoxy groups -OCH3 is 1. The standard InChI is InChI=1S/C27H32ClN3O3S.ClH/c1-33-23-7-4-6-21(18-23)20-34-25-10-9-22(28)19-24(25)31-15-13-30(14-16-31)12-3-2-11-29-27(32)26-8-5-17-35-26;/h4-10,17-19H,2-3,11-16,20H2,1H3,(H,29,32);1H. The molecule has 0 spiro atoms. The Morgan fingerprint density at radius 2 is 1.89 bits per heavy atom. The van der Waals surface area contributed by atoms with E-state index < -0.39 is 0 Å². The van der Waals surface area contributed by atoms with Crippen LogP contribution in [0.2, 0.25) is 5.02 Å². The fourth-order valence-electron chi connectivity index (χ4n) is 4.15. The van der Waals surface area contributed by atoms with Crippen LogP contribution in [0, 0.1) is 0 Å². The Labute approximate surface area is 228 Å². The topological polar surface area (TPSA) is 54.0 Å². The predicted octanol–water partition coefficient (Wildman–Crippen LogP) is 5.74. The molecule has 0 atom stereocenters. The lowest BCUT2D eigenvalue weighted by molar-refractivity contribution is 0.0956. The van der Waals surface area contributed by atoms with Crippen LogP contribution in [0.15, 0.2) is 60.0 Å². The van der Waals surface area contributed by atoms with Crippen LogP contribution in [0.3, 0.4) is 0 Å². The molecule has 1 N–H and O–H groups in total. The van der Waals surface area contributed by atoms with Crippen LogP contribution in [-0.2, 0) is 6.61 Å². The third-order valence-corrected chi connectivity index (χ3v) is 7.20. The lowest BCUT2D eigenvalue weighted by Gasteiger charge is -2.36. The van der Waals surface area contributed by atoms with Crippen molar-refractivity contribution in [3.8, 4) is 11.5 Å². The minimum atomic E-state index is 0. The first-order valence-electron chi connectivity index (χ1n) is 12.0. The molecule has 194 valence electrons. The molecule has 0 unspecified atom stereocenters. The zero-order valence-electron chi connectivity index (χ0n) is 20.5. The third kappa shape index (κ3) is 8.03. The number of unbranched alkanes of at least 4 members (excludes halogenated alkanes) is 1. The number of benzene rings is 2. The number of ether oxygens (including phenoxy) is 2. The second kappa shape index (κ2) is 14.3. The maximum absolute atomic E-state index is 12.0. The number of carbonyl (C=O) groups is 1. The van der Waals surface area contributed by atoms with E-state index in [1.54, 1.807) is 7.11 Å². The largest absolute Gasteiger partial charge is 0.497 e. The van der Waals surface area contributed by atoms with Crippen molar-refractivity contribution in [1.82, 2.24) is 10.2 Å². The first kappa shape index (κ1) is 28.1. The summed E-state index contributed by atoms with van der Waals surface area (Å²) in [5.74, 6) is 1.69. The Hall–Kier alpha value is -2.45. The Bertz CT molecular complexity index is 1090. The number of hydrogen-bond donors (Lipinski definition) is 1. The number of halogens is 2. The van der Waals surface area contributed by atoms with Crippen molar-refractivity contribution < 1.29 is 14.3 Å². The van der Waals surface area contributed by atoms with Gasteiger partial charge in [0.25, 0.3) is 5.91 Å². The van der Waals surface area contributed by atoms with Crippen molar-refractivity contribution in [1.29, 1.82) is 0 Å². The molecule has 1 aliphatic rings. The van der Waals surface area contributed by atoms with Crippen molar-refractivity contribution >= 4 is 46.9 Å².